The molecule has 1 fully saturated rings. The number of carboxylic acid groups (broad SMARTS) is 1. The quantitative estimate of drug-likeness (QED) is 0.720. The molecule has 0 saturated carbocycles. The second-order valence-electron chi connectivity index (χ2n) is 5.72. The molecule has 138 valence electrons. The van der Waals surface area contributed by atoms with Crippen molar-refractivity contribution in [2.24, 2.45) is 5.92 Å². The molecule has 8 heteroatoms. The molecule has 0 spiro atoms. The number of hydrogen-bond acceptors (Lipinski definition) is 4. The van der Waals surface area contributed by atoms with Gasteiger partial charge in [-0.1, -0.05) is 11.6 Å². The zero-order valence-corrected chi connectivity index (χ0v) is 14.9. The number of ether oxygens (including phenoxy) is 2. The van der Waals surface area contributed by atoms with Gasteiger partial charge in [0.2, 0.25) is 0 Å². The average Bonchev–Trinajstić information content (AvgIpc) is 2.60. The van der Waals surface area contributed by atoms with Crippen LogP contribution < -0.4 is 10.1 Å². The maximum atomic E-state index is 12.4. The molecule has 2 N–H and O–H groups in total. The normalized spacial score (nSPS) is 15.0. The van der Waals surface area contributed by atoms with Crippen LogP contribution in [0.5, 0.6) is 5.75 Å². The summed E-state index contributed by atoms with van der Waals surface area (Å²) in [6.07, 6.45) is 0.909. The van der Waals surface area contributed by atoms with E-state index in [0.29, 0.717) is 62.2 Å². The first-order chi connectivity index (χ1) is 12.0. The van der Waals surface area contributed by atoms with Gasteiger partial charge in [-0.25, -0.2) is 4.79 Å². The van der Waals surface area contributed by atoms with Gasteiger partial charge >= 0.3 is 12.0 Å². The van der Waals surface area contributed by atoms with E-state index in [1.54, 1.807) is 23.1 Å². The molecule has 1 aliphatic heterocycles. The van der Waals surface area contributed by atoms with Crippen molar-refractivity contribution < 1.29 is 24.2 Å². The van der Waals surface area contributed by atoms with E-state index in [2.05, 4.69) is 5.32 Å². The van der Waals surface area contributed by atoms with Crippen LogP contribution in [0.2, 0.25) is 5.02 Å². The minimum absolute atomic E-state index is 0.291. The summed E-state index contributed by atoms with van der Waals surface area (Å²) in [5.74, 6) is -0.676. The minimum Gasteiger partial charge on any atom is -0.489 e. The van der Waals surface area contributed by atoms with Gasteiger partial charge in [0, 0.05) is 24.7 Å². The van der Waals surface area contributed by atoms with E-state index in [0.717, 1.165) is 0 Å². The lowest BCUT2D eigenvalue weighted by Crippen LogP contribution is -2.42. The third-order valence-corrected chi connectivity index (χ3v) is 4.24. The van der Waals surface area contributed by atoms with Crippen LogP contribution in [0.15, 0.2) is 18.2 Å². The predicted molar refractivity (Wildman–Crippen MR) is 94.4 cm³/mol. The van der Waals surface area contributed by atoms with E-state index in [4.69, 9.17) is 26.2 Å². The highest BCUT2D eigenvalue weighted by Crippen LogP contribution is 2.29. The number of benzene rings is 1. The van der Waals surface area contributed by atoms with E-state index < -0.39 is 5.97 Å². The number of halogens is 1. The molecule has 1 aliphatic rings. The molecule has 1 heterocycles. The number of hydrogen-bond donors (Lipinski definition) is 2. The van der Waals surface area contributed by atoms with E-state index in [1.165, 1.54) is 0 Å². The van der Waals surface area contributed by atoms with Crippen LogP contribution in [-0.4, -0.2) is 54.9 Å². The number of nitrogens with zero attached hydrogens (tertiary/aromatic N) is 1. The van der Waals surface area contributed by atoms with Gasteiger partial charge in [-0.05, 0) is 38.0 Å². The summed E-state index contributed by atoms with van der Waals surface area (Å²) in [6, 6.07) is 4.71. The number of carbonyl (C=O) groups excluding carboxylic acids is 1. The molecule has 0 aliphatic carbocycles. The van der Waals surface area contributed by atoms with Gasteiger partial charge < -0.3 is 24.8 Å². The monoisotopic (exact) mass is 370 g/mol. The van der Waals surface area contributed by atoms with Crippen LogP contribution in [0.1, 0.15) is 19.8 Å². The molecular weight excluding hydrogens is 348 g/mol. The maximum absolute atomic E-state index is 12.4. The van der Waals surface area contributed by atoms with E-state index in [9.17, 15) is 9.59 Å². The molecule has 2 rings (SSSR count). The Balaban J connectivity index is 1.95. The first kappa shape index (κ1) is 19.3. The molecular formula is C17H23ClN2O5. The number of rotatable bonds is 7. The van der Waals surface area contributed by atoms with E-state index in [1.807, 2.05) is 6.92 Å². The number of nitrogens with one attached hydrogen (secondary N) is 1. The van der Waals surface area contributed by atoms with Gasteiger partial charge in [0.25, 0.3) is 0 Å². The molecule has 7 nitrogen and oxygen atoms in total. The fourth-order valence-electron chi connectivity index (χ4n) is 2.60. The van der Waals surface area contributed by atoms with Gasteiger partial charge in [0.05, 0.1) is 18.2 Å². The second kappa shape index (κ2) is 9.48. The van der Waals surface area contributed by atoms with E-state index >= 15 is 0 Å². The maximum Gasteiger partial charge on any atom is 0.321 e. The van der Waals surface area contributed by atoms with Crippen LogP contribution in [0.4, 0.5) is 10.5 Å². The third-order valence-electron chi connectivity index (χ3n) is 4.00. The van der Waals surface area contributed by atoms with Crippen molar-refractivity contribution in [1.29, 1.82) is 0 Å². The van der Waals surface area contributed by atoms with Crippen molar-refractivity contribution in [3.8, 4) is 5.75 Å². The van der Waals surface area contributed by atoms with Crippen LogP contribution in [0.3, 0.4) is 0 Å². The first-order valence-electron chi connectivity index (χ1n) is 8.30. The Kier molecular flexibility index (Phi) is 7.33. The topological polar surface area (TPSA) is 88.1 Å². The van der Waals surface area contributed by atoms with Crippen LogP contribution in [0, 0.1) is 5.92 Å². The molecule has 0 aromatic heterocycles. The van der Waals surface area contributed by atoms with Crippen LogP contribution in [0.25, 0.3) is 0 Å². The Labute approximate surface area is 151 Å². The van der Waals surface area contributed by atoms with Crippen molar-refractivity contribution in [2.45, 2.75) is 19.8 Å². The molecule has 1 aromatic carbocycles. The van der Waals surface area contributed by atoms with Crippen LogP contribution in [-0.2, 0) is 9.53 Å². The first-order valence-corrected chi connectivity index (χ1v) is 8.68. The number of urea groups is 1. The predicted octanol–water partition coefficient (Wildman–Crippen LogP) is 3.08. The summed E-state index contributed by atoms with van der Waals surface area (Å²) in [5.41, 5.74) is 0.481. The highest BCUT2D eigenvalue weighted by Gasteiger charge is 2.27. The highest BCUT2D eigenvalue weighted by molar-refractivity contribution is 6.31. The highest BCUT2D eigenvalue weighted by atomic mass is 35.5. The largest absolute Gasteiger partial charge is 0.489 e. The smallest absolute Gasteiger partial charge is 0.321 e. The lowest BCUT2D eigenvalue weighted by Gasteiger charge is -2.30. The summed E-state index contributed by atoms with van der Waals surface area (Å²) in [5, 5.41) is 12.3. The van der Waals surface area contributed by atoms with Gasteiger partial charge in [-0.3, -0.25) is 4.79 Å². The number of likely N-dealkylation sites (tertiary alicyclic amines) is 1. The van der Waals surface area contributed by atoms with Crippen molar-refractivity contribution in [2.75, 3.05) is 38.2 Å². The Morgan fingerprint density at radius 3 is 2.68 bits per heavy atom. The number of carbonyl (C=O) groups is 2. The average molecular weight is 371 g/mol. The minimum atomic E-state index is -0.806. The van der Waals surface area contributed by atoms with Gasteiger partial charge in [0.1, 0.15) is 12.4 Å². The number of piperidine rings is 1. The van der Waals surface area contributed by atoms with Gasteiger partial charge in [0.15, 0.2) is 0 Å². The van der Waals surface area contributed by atoms with Crippen molar-refractivity contribution in [3.05, 3.63) is 23.2 Å². The zero-order chi connectivity index (χ0) is 18.2. The summed E-state index contributed by atoms with van der Waals surface area (Å²) < 4.78 is 10.9. The summed E-state index contributed by atoms with van der Waals surface area (Å²) >= 11 is 6.01. The molecule has 2 amide bonds. The van der Waals surface area contributed by atoms with Crippen molar-refractivity contribution in [3.63, 3.8) is 0 Å². The number of amides is 2. The Morgan fingerprint density at radius 2 is 2.04 bits per heavy atom. The second-order valence-corrected chi connectivity index (χ2v) is 6.15. The SMILES string of the molecule is CCOCCOc1ccc(Cl)cc1NC(=O)N1CCC(C(=O)O)CC1. The van der Waals surface area contributed by atoms with Gasteiger partial charge in [-0.2, -0.15) is 0 Å². The van der Waals surface area contributed by atoms with Gasteiger partial charge in [-0.15, -0.1) is 0 Å². The lowest BCUT2D eigenvalue weighted by molar-refractivity contribution is -0.143. The molecule has 0 atom stereocenters. The fourth-order valence-corrected chi connectivity index (χ4v) is 2.78. The third kappa shape index (κ3) is 5.79. The van der Waals surface area contributed by atoms with E-state index in [-0.39, 0.29) is 11.9 Å². The van der Waals surface area contributed by atoms with Crippen molar-refractivity contribution in [1.82, 2.24) is 4.90 Å². The molecule has 0 radical (unpaired) electrons. The Bertz CT molecular complexity index is 603. The molecule has 25 heavy (non-hydrogen) atoms. The molecule has 1 aromatic rings. The standard InChI is InChI=1S/C17H23ClN2O5/c1-2-24-9-10-25-15-4-3-13(18)11-14(15)19-17(23)20-7-5-12(6-8-20)16(21)22/h3-4,11-12H,2,5-10H2,1H3,(H,19,23)(H,21,22). The number of aliphatic carboxylic acids is 1. The Morgan fingerprint density at radius 1 is 1.32 bits per heavy atom. The number of anilines is 1. The fraction of sp³-hybridized carbons (Fsp3) is 0.529. The molecule has 0 bridgehead atoms. The summed E-state index contributed by atoms with van der Waals surface area (Å²) in [7, 11) is 0. The Hall–Kier alpha value is -1.99. The zero-order valence-electron chi connectivity index (χ0n) is 14.2. The summed E-state index contributed by atoms with van der Waals surface area (Å²) in [6.45, 7) is 4.15. The molecule has 1 saturated heterocycles. The van der Waals surface area contributed by atoms with Crippen molar-refractivity contribution >= 4 is 29.3 Å². The number of carboxylic acids is 1. The lowest BCUT2D eigenvalue weighted by atomic mass is 9.97. The molecule has 0 unspecified atom stereocenters. The summed E-state index contributed by atoms with van der Waals surface area (Å²) in [4.78, 5) is 25.0. The van der Waals surface area contributed by atoms with Crippen LogP contribution >= 0.6 is 11.6 Å².